The monoisotopic (exact) mass is 258 g/mol. The summed E-state index contributed by atoms with van der Waals surface area (Å²) >= 11 is 0. The lowest BCUT2D eigenvalue weighted by molar-refractivity contribution is 0.344. The Morgan fingerprint density at radius 2 is 1.33 bits per heavy atom. The van der Waals surface area contributed by atoms with Crippen molar-refractivity contribution in [3.05, 3.63) is 24.8 Å². The van der Waals surface area contributed by atoms with Crippen molar-refractivity contribution in [1.29, 1.82) is 0 Å². The minimum absolute atomic E-state index is 1.50. The Morgan fingerprint density at radius 3 is 1.40 bits per heavy atom. The summed E-state index contributed by atoms with van der Waals surface area (Å²) in [6.07, 6.45) is 4.88. The van der Waals surface area contributed by atoms with Gasteiger partial charge in [0.25, 0.3) is 0 Å². The molecule has 0 saturated heterocycles. The molecule has 0 aliphatic heterocycles. The van der Waals surface area contributed by atoms with Crippen LogP contribution in [-0.4, -0.2) is 35.9 Å². The number of rotatable bonds is 2. The van der Waals surface area contributed by atoms with Gasteiger partial charge in [-0.3, -0.25) is 9.11 Å². The van der Waals surface area contributed by atoms with Gasteiger partial charge in [0.1, 0.15) is 6.33 Å². The second-order valence-electron chi connectivity index (χ2n) is 1.83. The normalized spacial score (nSPS) is 11.3. The van der Waals surface area contributed by atoms with Crippen LogP contribution in [-0.2, 0) is 24.4 Å². The summed E-state index contributed by atoms with van der Waals surface area (Å²) in [7, 11) is -10.2. The predicted octanol–water partition coefficient (Wildman–Crippen LogP) is -0.915. The third-order valence-electron chi connectivity index (χ3n) is 0.650. The molecule has 0 unspecified atom stereocenters. The van der Waals surface area contributed by atoms with Gasteiger partial charge < -0.3 is 0 Å². The van der Waals surface area contributed by atoms with E-state index in [1.807, 2.05) is 0 Å². The van der Waals surface area contributed by atoms with E-state index in [9.17, 15) is 16.8 Å². The van der Waals surface area contributed by atoms with E-state index in [2.05, 4.69) is 13.6 Å². The summed E-state index contributed by atoms with van der Waals surface area (Å²) in [4.78, 5) is 7.35. The molecule has 0 amide bonds. The van der Waals surface area contributed by atoms with Gasteiger partial charge >= 0.3 is 20.8 Å². The van der Waals surface area contributed by atoms with Crippen molar-refractivity contribution >= 4 is 20.8 Å². The van der Waals surface area contributed by atoms with Crippen molar-refractivity contribution in [1.82, 2.24) is 9.97 Å². The fourth-order valence-electron chi connectivity index (χ4n) is 0.362. The van der Waals surface area contributed by atoms with E-state index in [1.165, 1.54) is 6.33 Å². The van der Waals surface area contributed by atoms with Crippen molar-refractivity contribution in [2.24, 2.45) is 0 Å². The van der Waals surface area contributed by atoms with Gasteiger partial charge in [-0.15, -0.1) is 3.63 Å². The molecule has 0 bridgehead atoms. The Kier molecular flexibility index (Phi) is 5.24. The maximum absolute atomic E-state index is 9.44. The van der Waals surface area contributed by atoms with Crippen molar-refractivity contribution < 1.29 is 29.6 Å². The van der Waals surface area contributed by atoms with Crippen LogP contribution < -0.4 is 0 Å². The molecular formula is C4H6N2O7S2. The molecule has 0 aliphatic rings. The van der Waals surface area contributed by atoms with E-state index in [0.29, 0.717) is 0 Å². The maximum atomic E-state index is 9.44. The number of hydrogen-bond acceptors (Lipinski definition) is 7. The Balaban J connectivity index is 0.000000280. The molecule has 0 atom stereocenters. The third kappa shape index (κ3) is 12.9. The Bertz CT molecular complexity index is 410. The number of nitrogens with zero attached hydrogens (tertiary/aromatic N) is 2. The van der Waals surface area contributed by atoms with Crippen LogP contribution in [0.5, 0.6) is 0 Å². The fourth-order valence-corrected chi connectivity index (χ4v) is 1.23. The average Bonchev–Trinajstić information content (AvgIpc) is 2.01. The van der Waals surface area contributed by atoms with Crippen molar-refractivity contribution in [3.8, 4) is 0 Å². The van der Waals surface area contributed by atoms with Crippen LogP contribution in [0.4, 0.5) is 0 Å². The summed E-state index contributed by atoms with van der Waals surface area (Å²) in [6, 6.07) is 1.78. The second-order valence-corrected chi connectivity index (χ2v) is 4.08. The first-order chi connectivity index (χ1) is 6.71. The Morgan fingerprint density at radius 1 is 0.933 bits per heavy atom. The molecule has 1 aromatic heterocycles. The zero-order valence-corrected chi connectivity index (χ0v) is 8.59. The van der Waals surface area contributed by atoms with Crippen molar-refractivity contribution in [2.75, 3.05) is 0 Å². The molecule has 86 valence electrons. The van der Waals surface area contributed by atoms with Gasteiger partial charge in [-0.25, -0.2) is 9.97 Å². The van der Waals surface area contributed by atoms with Gasteiger partial charge in [0.15, 0.2) is 0 Å². The first-order valence-electron chi connectivity index (χ1n) is 3.06. The van der Waals surface area contributed by atoms with Gasteiger partial charge in [-0.05, 0) is 6.07 Å². The predicted molar refractivity (Wildman–Crippen MR) is 46.2 cm³/mol. The Labute approximate surface area is 85.7 Å². The van der Waals surface area contributed by atoms with Gasteiger partial charge in [0.2, 0.25) is 0 Å². The molecule has 0 spiro atoms. The largest absolute Gasteiger partial charge is 0.413 e. The molecule has 0 aromatic carbocycles. The molecule has 15 heavy (non-hydrogen) atoms. The molecular weight excluding hydrogens is 252 g/mol. The molecule has 0 aliphatic carbocycles. The van der Waals surface area contributed by atoms with Crippen LogP contribution in [0.25, 0.3) is 0 Å². The highest BCUT2D eigenvalue weighted by atomic mass is 32.3. The summed E-state index contributed by atoms with van der Waals surface area (Å²) in [5.41, 5.74) is 0. The molecule has 1 rings (SSSR count). The van der Waals surface area contributed by atoms with E-state index in [4.69, 9.17) is 9.11 Å². The molecule has 0 saturated carbocycles. The smallest absolute Gasteiger partial charge is 0.263 e. The van der Waals surface area contributed by atoms with E-state index in [1.54, 1.807) is 18.5 Å². The van der Waals surface area contributed by atoms with Crippen LogP contribution in [0, 0.1) is 0 Å². The van der Waals surface area contributed by atoms with Gasteiger partial charge in [0.05, 0.1) is 0 Å². The summed E-state index contributed by atoms with van der Waals surface area (Å²) < 4.78 is 55.6. The van der Waals surface area contributed by atoms with Crippen LogP contribution in [0.15, 0.2) is 24.8 Å². The third-order valence-corrected chi connectivity index (χ3v) is 2.03. The zero-order chi connectivity index (χ0) is 11.9. The highest BCUT2D eigenvalue weighted by molar-refractivity contribution is 7.94. The lowest BCUT2D eigenvalue weighted by Crippen LogP contribution is -2.10. The minimum Gasteiger partial charge on any atom is -0.263 e. The second kappa shape index (κ2) is 5.67. The van der Waals surface area contributed by atoms with Crippen LogP contribution in [0.3, 0.4) is 0 Å². The highest BCUT2D eigenvalue weighted by Crippen LogP contribution is 1.91. The summed E-state index contributed by atoms with van der Waals surface area (Å²) in [5, 5.41) is 0. The maximum Gasteiger partial charge on any atom is 0.413 e. The fraction of sp³-hybridized carbons (Fsp3) is 0. The van der Waals surface area contributed by atoms with E-state index >= 15 is 0 Å². The average molecular weight is 258 g/mol. The standard InChI is InChI=1S/C4H4N2.H2O7S2/c1-2-5-4-6-3-1;1-8(2,3)7-9(4,5)6/h1-4H;(H,1,2,3)(H,4,5,6). The Hall–Kier alpha value is -1.14. The topological polar surface area (TPSA) is 144 Å². The first-order valence-corrected chi connectivity index (χ1v) is 5.79. The molecule has 1 aromatic rings. The number of aromatic nitrogens is 2. The SMILES string of the molecule is O=S(=O)(O)OS(=O)(=O)O.c1cncnc1. The van der Waals surface area contributed by atoms with Crippen LogP contribution in [0.2, 0.25) is 0 Å². The van der Waals surface area contributed by atoms with Gasteiger partial charge in [0, 0.05) is 12.4 Å². The molecule has 0 radical (unpaired) electrons. The lowest BCUT2D eigenvalue weighted by Gasteiger charge is -1.89. The zero-order valence-electron chi connectivity index (χ0n) is 6.96. The summed E-state index contributed by atoms with van der Waals surface area (Å²) in [5.74, 6) is 0. The molecule has 1 heterocycles. The minimum atomic E-state index is -5.12. The van der Waals surface area contributed by atoms with Crippen LogP contribution >= 0.6 is 0 Å². The van der Waals surface area contributed by atoms with Crippen molar-refractivity contribution in [3.63, 3.8) is 0 Å². The van der Waals surface area contributed by atoms with E-state index < -0.39 is 20.8 Å². The molecule has 0 fully saturated rings. The van der Waals surface area contributed by atoms with E-state index in [0.717, 1.165) is 0 Å². The summed E-state index contributed by atoms with van der Waals surface area (Å²) in [6.45, 7) is 0. The number of hydrogen-bond donors (Lipinski definition) is 2. The van der Waals surface area contributed by atoms with Gasteiger partial charge in [-0.1, -0.05) is 0 Å². The lowest BCUT2D eigenvalue weighted by atomic mass is 10.7. The van der Waals surface area contributed by atoms with E-state index in [-0.39, 0.29) is 0 Å². The quantitative estimate of drug-likeness (QED) is 0.643. The molecule has 11 heteroatoms. The first kappa shape index (κ1) is 13.9. The van der Waals surface area contributed by atoms with Gasteiger partial charge in [-0.2, -0.15) is 16.8 Å². The van der Waals surface area contributed by atoms with Crippen molar-refractivity contribution in [2.45, 2.75) is 0 Å². The molecule has 2 N–H and O–H groups in total. The molecule has 9 nitrogen and oxygen atoms in total. The highest BCUT2D eigenvalue weighted by Gasteiger charge is 2.15. The van der Waals surface area contributed by atoms with Crippen LogP contribution in [0.1, 0.15) is 0 Å².